The lowest BCUT2D eigenvalue weighted by Crippen LogP contribution is -2.44. The van der Waals surface area contributed by atoms with Crippen molar-refractivity contribution in [1.29, 1.82) is 0 Å². The quantitative estimate of drug-likeness (QED) is 0.679. The van der Waals surface area contributed by atoms with Crippen LogP contribution in [0.25, 0.3) is 0 Å². The Morgan fingerprint density at radius 2 is 1.84 bits per heavy atom. The van der Waals surface area contributed by atoms with Crippen molar-refractivity contribution in [2.45, 2.75) is 58.0 Å². The molecule has 19 heavy (non-hydrogen) atoms. The molecule has 2 amide bonds. The Morgan fingerprint density at radius 3 is 2.37 bits per heavy atom. The Labute approximate surface area is 114 Å². The van der Waals surface area contributed by atoms with Gasteiger partial charge in [-0.15, -0.1) is 0 Å². The zero-order chi connectivity index (χ0) is 14.0. The average molecular weight is 267 g/mol. The van der Waals surface area contributed by atoms with Crippen LogP contribution in [0.2, 0.25) is 0 Å². The number of nitrogens with two attached hydrogens (primary N) is 1. The molecule has 0 aromatic carbocycles. The number of carbonyl (C=O) groups is 2. The molecule has 4 N–H and O–H groups in total. The summed E-state index contributed by atoms with van der Waals surface area (Å²) in [6.45, 7) is 3.82. The smallest absolute Gasteiger partial charge is 0.224 e. The lowest BCUT2D eigenvalue weighted by atomic mass is 9.89. The van der Waals surface area contributed by atoms with Crippen LogP contribution in [0.3, 0.4) is 0 Å². The normalized spacial score (nSPS) is 30.1. The summed E-state index contributed by atoms with van der Waals surface area (Å²) in [7, 11) is 0. The molecule has 2 aliphatic rings. The van der Waals surface area contributed by atoms with E-state index in [9.17, 15) is 9.59 Å². The second-order valence-electron chi connectivity index (χ2n) is 6.70. The van der Waals surface area contributed by atoms with Crippen LogP contribution in [0, 0.1) is 11.3 Å². The summed E-state index contributed by atoms with van der Waals surface area (Å²) in [5, 5.41) is 6.41. The minimum absolute atomic E-state index is 0.0422. The molecule has 0 aromatic heterocycles. The van der Waals surface area contributed by atoms with Gasteiger partial charge in [0, 0.05) is 25.0 Å². The Bertz CT molecular complexity index is 356. The third-order valence-corrected chi connectivity index (χ3v) is 4.44. The number of rotatable bonds is 5. The number of piperidine rings is 1. The molecular weight excluding hydrogens is 242 g/mol. The van der Waals surface area contributed by atoms with E-state index in [1.165, 1.54) is 12.8 Å². The fourth-order valence-corrected chi connectivity index (χ4v) is 3.08. The van der Waals surface area contributed by atoms with Crippen molar-refractivity contribution in [3.8, 4) is 0 Å². The van der Waals surface area contributed by atoms with Gasteiger partial charge in [0.05, 0.1) is 5.41 Å². The van der Waals surface area contributed by atoms with Gasteiger partial charge >= 0.3 is 0 Å². The Morgan fingerprint density at radius 1 is 1.26 bits per heavy atom. The number of primary amides is 1. The number of carbonyl (C=O) groups excluding carboxylic acids is 2. The average Bonchev–Trinajstić information content (AvgIpc) is 2.66. The molecule has 2 heterocycles. The minimum atomic E-state index is -0.678. The molecule has 2 atom stereocenters. The van der Waals surface area contributed by atoms with E-state index >= 15 is 0 Å². The number of amides is 2. The monoisotopic (exact) mass is 267 g/mol. The maximum absolute atomic E-state index is 11.9. The third kappa shape index (κ3) is 3.69. The molecule has 5 heteroatoms. The molecule has 2 saturated heterocycles. The van der Waals surface area contributed by atoms with Crippen molar-refractivity contribution in [1.82, 2.24) is 10.6 Å². The highest BCUT2D eigenvalue weighted by atomic mass is 16.2. The minimum Gasteiger partial charge on any atom is -0.369 e. The van der Waals surface area contributed by atoms with Crippen molar-refractivity contribution in [2.24, 2.45) is 17.1 Å². The first-order valence-electron chi connectivity index (χ1n) is 7.19. The Hall–Kier alpha value is -1.10. The number of hydrogen-bond acceptors (Lipinski definition) is 3. The maximum Gasteiger partial charge on any atom is 0.224 e. The molecule has 5 nitrogen and oxygen atoms in total. The van der Waals surface area contributed by atoms with Crippen LogP contribution in [-0.4, -0.2) is 30.4 Å². The van der Waals surface area contributed by atoms with Crippen LogP contribution >= 0.6 is 0 Å². The lowest BCUT2D eigenvalue weighted by molar-refractivity contribution is -0.127. The summed E-state index contributed by atoms with van der Waals surface area (Å²) in [6.07, 6.45) is 5.27. The van der Waals surface area contributed by atoms with Gasteiger partial charge in [-0.25, -0.2) is 0 Å². The van der Waals surface area contributed by atoms with Gasteiger partial charge in [-0.05, 0) is 45.4 Å². The van der Waals surface area contributed by atoms with E-state index in [0.717, 1.165) is 12.8 Å². The van der Waals surface area contributed by atoms with E-state index in [4.69, 9.17) is 5.73 Å². The van der Waals surface area contributed by atoms with Crippen molar-refractivity contribution >= 4 is 11.8 Å². The van der Waals surface area contributed by atoms with Crippen molar-refractivity contribution in [2.75, 3.05) is 6.54 Å². The van der Waals surface area contributed by atoms with Gasteiger partial charge in [0.2, 0.25) is 11.8 Å². The number of fused-ring (bicyclic) bond motifs is 2. The number of nitrogens with one attached hydrogen (secondary N) is 2. The SMILES string of the molecule is CC(C)(CNC(=O)CC1CC2CCC(C1)N2)C(N)=O. The van der Waals surface area contributed by atoms with E-state index in [0.29, 0.717) is 31.0 Å². The van der Waals surface area contributed by atoms with Crippen molar-refractivity contribution < 1.29 is 9.59 Å². The van der Waals surface area contributed by atoms with Gasteiger partial charge in [-0.3, -0.25) is 9.59 Å². The van der Waals surface area contributed by atoms with Crippen LogP contribution in [0.15, 0.2) is 0 Å². The molecule has 2 fully saturated rings. The first-order chi connectivity index (χ1) is 8.87. The highest BCUT2D eigenvalue weighted by Gasteiger charge is 2.34. The molecule has 2 unspecified atom stereocenters. The van der Waals surface area contributed by atoms with Gasteiger partial charge < -0.3 is 16.4 Å². The summed E-state index contributed by atoms with van der Waals surface area (Å²) >= 11 is 0. The van der Waals surface area contributed by atoms with Gasteiger partial charge in [0.1, 0.15) is 0 Å². The van der Waals surface area contributed by atoms with Gasteiger partial charge in [-0.2, -0.15) is 0 Å². The summed E-state index contributed by atoms with van der Waals surface area (Å²) < 4.78 is 0. The summed E-state index contributed by atoms with van der Waals surface area (Å²) in [4.78, 5) is 23.1. The largest absolute Gasteiger partial charge is 0.369 e. The van der Waals surface area contributed by atoms with Gasteiger partial charge in [-0.1, -0.05) is 0 Å². The van der Waals surface area contributed by atoms with E-state index in [1.807, 2.05) is 0 Å². The summed E-state index contributed by atoms with van der Waals surface area (Å²) in [6, 6.07) is 1.22. The molecule has 0 radical (unpaired) electrons. The molecule has 2 rings (SSSR count). The predicted molar refractivity (Wildman–Crippen MR) is 73.3 cm³/mol. The molecule has 0 aromatic rings. The first-order valence-corrected chi connectivity index (χ1v) is 7.19. The fraction of sp³-hybridized carbons (Fsp3) is 0.857. The van der Waals surface area contributed by atoms with Crippen LogP contribution in [0.5, 0.6) is 0 Å². The lowest BCUT2D eigenvalue weighted by Gasteiger charge is -2.29. The third-order valence-electron chi connectivity index (χ3n) is 4.44. The maximum atomic E-state index is 11.9. The highest BCUT2D eigenvalue weighted by Crippen LogP contribution is 2.32. The number of hydrogen-bond donors (Lipinski definition) is 3. The van der Waals surface area contributed by atoms with Crippen LogP contribution in [0.1, 0.15) is 46.0 Å². The highest BCUT2D eigenvalue weighted by molar-refractivity contribution is 5.82. The Kier molecular flexibility index (Phi) is 4.13. The van der Waals surface area contributed by atoms with Gasteiger partial charge in [0.25, 0.3) is 0 Å². The second-order valence-corrected chi connectivity index (χ2v) is 6.70. The summed E-state index contributed by atoms with van der Waals surface area (Å²) in [5.41, 5.74) is 4.61. The molecule has 0 spiro atoms. The van der Waals surface area contributed by atoms with Crippen LogP contribution < -0.4 is 16.4 Å². The zero-order valence-electron chi connectivity index (χ0n) is 11.9. The molecule has 108 valence electrons. The topological polar surface area (TPSA) is 84.2 Å². The molecule has 0 saturated carbocycles. The standard InChI is InChI=1S/C14H25N3O2/c1-14(2,13(15)19)8-16-12(18)7-9-5-10-3-4-11(6-9)17-10/h9-11,17H,3-8H2,1-2H3,(H2,15,19)(H,16,18). The van der Waals surface area contributed by atoms with Crippen molar-refractivity contribution in [3.05, 3.63) is 0 Å². The fourth-order valence-electron chi connectivity index (χ4n) is 3.08. The van der Waals surface area contributed by atoms with Crippen LogP contribution in [0.4, 0.5) is 0 Å². The van der Waals surface area contributed by atoms with E-state index in [-0.39, 0.29) is 11.8 Å². The van der Waals surface area contributed by atoms with E-state index in [1.54, 1.807) is 13.8 Å². The molecule has 0 aliphatic carbocycles. The zero-order valence-corrected chi connectivity index (χ0v) is 11.9. The first kappa shape index (κ1) is 14.3. The van der Waals surface area contributed by atoms with Crippen LogP contribution in [-0.2, 0) is 9.59 Å². The molecule has 2 bridgehead atoms. The van der Waals surface area contributed by atoms with Gasteiger partial charge in [0.15, 0.2) is 0 Å². The van der Waals surface area contributed by atoms with E-state index < -0.39 is 5.41 Å². The molecular formula is C14H25N3O2. The van der Waals surface area contributed by atoms with E-state index in [2.05, 4.69) is 10.6 Å². The molecule has 2 aliphatic heterocycles. The van der Waals surface area contributed by atoms with Crippen molar-refractivity contribution in [3.63, 3.8) is 0 Å². The predicted octanol–water partition coefficient (Wildman–Crippen LogP) is 0.535. The summed E-state index contributed by atoms with van der Waals surface area (Å²) in [5.74, 6) is 0.142. The second kappa shape index (κ2) is 5.49. The Balaban J connectivity index is 1.74.